The molecule has 0 radical (unpaired) electrons. The van der Waals surface area contributed by atoms with Crippen LogP contribution in [0.3, 0.4) is 0 Å². The van der Waals surface area contributed by atoms with Crippen LogP contribution < -0.4 is 5.73 Å². The van der Waals surface area contributed by atoms with Crippen molar-refractivity contribution in [3.63, 3.8) is 0 Å². The van der Waals surface area contributed by atoms with Crippen LogP contribution in [0.2, 0.25) is 0 Å². The molecule has 1 heterocycles. The summed E-state index contributed by atoms with van der Waals surface area (Å²) in [5, 5.41) is 0. The smallest absolute Gasteiger partial charge is 0.0950 e. The van der Waals surface area contributed by atoms with Crippen LogP contribution in [0.5, 0.6) is 0 Å². The first-order valence-corrected chi connectivity index (χ1v) is 6.21. The fourth-order valence-corrected chi connectivity index (χ4v) is 2.61. The van der Waals surface area contributed by atoms with Crippen molar-refractivity contribution in [1.82, 2.24) is 0 Å². The number of hydrogen-bond acceptors (Lipinski definition) is 2. The molecule has 1 aliphatic carbocycles. The summed E-state index contributed by atoms with van der Waals surface area (Å²) < 4.78 is 5.07. The van der Waals surface area contributed by atoms with Gasteiger partial charge in [0, 0.05) is 11.6 Å². The normalized spacial score (nSPS) is 15.8. The van der Waals surface area contributed by atoms with E-state index in [0.717, 1.165) is 12.0 Å². The lowest BCUT2D eigenvalue weighted by atomic mass is 9.99. The molecule has 1 unspecified atom stereocenters. The lowest BCUT2D eigenvalue weighted by Crippen LogP contribution is -2.12. The van der Waals surface area contributed by atoms with E-state index in [-0.39, 0.29) is 6.04 Å². The zero-order valence-electron chi connectivity index (χ0n) is 9.86. The van der Waals surface area contributed by atoms with Crippen LogP contribution in [-0.2, 0) is 19.3 Å². The molecular weight excluding hydrogens is 210 g/mol. The Kier molecular flexibility index (Phi) is 2.73. The van der Waals surface area contributed by atoms with Crippen molar-refractivity contribution in [2.75, 3.05) is 0 Å². The highest BCUT2D eigenvalue weighted by atomic mass is 16.3. The van der Waals surface area contributed by atoms with E-state index in [9.17, 15) is 0 Å². The largest absolute Gasteiger partial charge is 0.472 e. The minimum Gasteiger partial charge on any atom is -0.472 e. The van der Waals surface area contributed by atoms with Crippen molar-refractivity contribution in [2.24, 2.45) is 5.73 Å². The van der Waals surface area contributed by atoms with Crippen LogP contribution in [0.15, 0.2) is 41.2 Å². The molecule has 1 atom stereocenters. The lowest BCUT2D eigenvalue weighted by Gasteiger charge is -2.10. The summed E-state index contributed by atoms with van der Waals surface area (Å²) in [5.41, 5.74) is 11.6. The molecule has 2 aromatic rings. The Hall–Kier alpha value is -1.54. The molecule has 17 heavy (non-hydrogen) atoms. The molecule has 0 saturated carbocycles. The second-order valence-corrected chi connectivity index (χ2v) is 4.82. The van der Waals surface area contributed by atoms with E-state index in [0.29, 0.717) is 0 Å². The fourth-order valence-electron chi connectivity index (χ4n) is 2.61. The Morgan fingerprint density at radius 2 is 2.06 bits per heavy atom. The number of aryl methyl sites for hydroxylation is 2. The van der Waals surface area contributed by atoms with Crippen molar-refractivity contribution in [1.29, 1.82) is 0 Å². The molecule has 2 nitrogen and oxygen atoms in total. The summed E-state index contributed by atoms with van der Waals surface area (Å²) in [5.74, 6) is 0. The minimum absolute atomic E-state index is 0.0354. The SMILES string of the molecule is NC(Cc1ccc2c(c1)CCC2)c1ccoc1. The van der Waals surface area contributed by atoms with E-state index in [1.54, 1.807) is 12.5 Å². The second-order valence-electron chi connectivity index (χ2n) is 4.82. The molecule has 0 amide bonds. The topological polar surface area (TPSA) is 39.2 Å². The van der Waals surface area contributed by atoms with Crippen LogP contribution in [0.1, 0.15) is 34.7 Å². The molecule has 3 rings (SSSR count). The predicted octanol–water partition coefficient (Wildman–Crippen LogP) is 3.01. The van der Waals surface area contributed by atoms with Gasteiger partial charge < -0.3 is 10.2 Å². The Morgan fingerprint density at radius 3 is 2.88 bits per heavy atom. The van der Waals surface area contributed by atoms with Crippen molar-refractivity contribution in [3.05, 3.63) is 59.0 Å². The molecule has 0 bridgehead atoms. The minimum atomic E-state index is 0.0354. The van der Waals surface area contributed by atoms with E-state index < -0.39 is 0 Å². The molecule has 88 valence electrons. The van der Waals surface area contributed by atoms with Gasteiger partial charge in [0.15, 0.2) is 0 Å². The molecule has 2 N–H and O–H groups in total. The average Bonchev–Trinajstić information content (AvgIpc) is 2.99. The van der Waals surface area contributed by atoms with Crippen molar-refractivity contribution in [2.45, 2.75) is 31.7 Å². The summed E-state index contributed by atoms with van der Waals surface area (Å²) >= 11 is 0. The van der Waals surface area contributed by atoms with Crippen LogP contribution in [-0.4, -0.2) is 0 Å². The maximum absolute atomic E-state index is 6.16. The van der Waals surface area contributed by atoms with Gasteiger partial charge in [0.05, 0.1) is 12.5 Å². The zero-order chi connectivity index (χ0) is 11.7. The van der Waals surface area contributed by atoms with E-state index in [1.165, 1.54) is 36.0 Å². The highest BCUT2D eigenvalue weighted by Crippen LogP contribution is 2.25. The molecule has 0 aliphatic heterocycles. The van der Waals surface area contributed by atoms with Crippen LogP contribution >= 0.6 is 0 Å². The molecule has 1 aliphatic rings. The number of hydrogen-bond donors (Lipinski definition) is 1. The first-order chi connectivity index (χ1) is 8.33. The molecule has 0 spiro atoms. The highest BCUT2D eigenvalue weighted by molar-refractivity contribution is 5.36. The first-order valence-electron chi connectivity index (χ1n) is 6.21. The Labute approximate surface area is 101 Å². The van der Waals surface area contributed by atoms with Gasteiger partial charge in [-0.15, -0.1) is 0 Å². The van der Waals surface area contributed by atoms with Crippen molar-refractivity contribution in [3.8, 4) is 0 Å². The van der Waals surface area contributed by atoms with Crippen LogP contribution in [0.4, 0.5) is 0 Å². The van der Waals surface area contributed by atoms with E-state index in [4.69, 9.17) is 10.2 Å². The van der Waals surface area contributed by atoms with Gasteiger partial charge in [-0.05, 0) is 48.4 Å². The molecule has 2 heteroatoms. The Bertz CT molecular complexity index is 502. The zero-order valence-corrected chi connectivity index (χ0v) is 9.86. The Balaban J connectivity index is 1.77. The predicted molar refractivity (Wildman–Crippen MR) is 67.8 cm³/mol. The number of nitrogens with two attached hydrogens (primary N) is 1. The summed E-state index contributed by atoms with van der Waals surface area (Å²) in [6.07, 6.45) is 8.06. The Morgan fingerprint density at radius 1 is 1.18 bits per heavy atom. The number of fused-ring (bicyclic) bond motifs is 1. The van der Waals surface area contributed by atoms with Crippen LogP contribution in [0.25, 0.3) is 0 Å². The third-order valence-electron chi connectivity index (χ3n) is 3.59. The molecule has 0 fully saturated rings. The maximum atomic E-state index is 6.16. The van der Waals surface area contributed by atoms with Gasteiger partial charge in [0.25, 0.3) is 0 Å². The number of benzene rings is 1. The molecule has 1 aromatic carbocycles. The molecule has 1 aromatic heterocycles. The van der Waals surface area contributed by atoms with Gasteiger partial charge in [0.1, 0.15) is 0 Å². The van der Waals surface area contributed by atoms with Gasteiger partial charge in [-0.2, -0.15) is 0 Å². The van der Waals surface area contributed by atoms with Gasteiger partial charge >= 0.3 is 0 Å². The standard InChI is InChI=1S/C15H17NO/c16-15(14-6-7-17-10-14)9-11-4-5-12-2-1-3-13(12)8-11/h4-8,10,15H,1-3,9,16H2. The third kappa shape index (κ3) is 2.13. The third-order valence-corrected chi connectivity index (χ3v) is 3.59. The van der Waals surface area contributed by atoms with Gasteiger partial charge in [0.2, 0.25) is 0 Å². The average molecular weight is 227 g/mol. The quantitative estimate of drug-likeness (QED) is 0.875. The van der Waals surface area contributed by atoms with Crippen molar-refractivity contribution >= 4 is 0 Å². The first kappa shape index (κ1) is 10.6. The number of furan rings is 1. The lowest BCUT2D eigenvalue weighted by molar-refractivity contribution is 0.558. The van der Waals surface area contributed by atoms with E-state index >= 15 is 0 Å². The second kappa shape index (κ2) is 4.38. The summed E-state index contributed by atoms with van der Waals surface area (Å²) in [7, 11) is 0. The van der Waals surface area contributed by atoms with Gasteiger partial charge in [-0.3, -0.25) is 0 Å². The van der Waals surface area contributed by atoms with Crippen molar-refractivity contribution < 1.29 is 4.42 Å². The summed E-state index contributed by atoms with van der Waals surface area (Å²) in [6, 6.07) is 8.78. The summed E-state index contributed by atoms with van der Waals surface area (Å²) in [4.78, 5) is 0. The highest BCUT2D eigenvalue weighted by Gasteiger charge is 2.13. The molecular formula is C15H17NO. The van der Waals surface area contributed by atoms with E-state index in [2.05, 4.69) is 18.2 Å². The van der Waals surface area contributed by atoms with Gasteiger partial charge in [-0.1, -0.05) is 18.2 Å². The molecule has 0 saturated heterocycles. The van der Waals surface area contributed by atoms with Crippen LogP contribution in [0, 0.1) is 0 Å². The maximum Gasteiger partial charge on any atom is 0.0950 e. The van der Waals surface area contributed by atoms with Gasteiger partial charge in [-0.25, -0.2) is 0 Å². The summed E-state index contributed by atoms with van der Waals surface area (Å²) in [6.45, 7) is 0. The van der Waals surface area contributed by atoms with E-state index in [1.807, 2.05) is 6.07 Å². The number of rotatable bonds is 3. The fraction of sp³-hybridized carbons (Fsp3) is 0.333. The monoisotopic (exact) mass is 227 g/mol.